The van der Waals surface area contributed by atoms with Gasteiger partial charge >= 0.3 is 0 Å². The first-order valence-corrected chi connectivity index (χ1v) is 10.5. The summed E-state index contributed by atoms with van der Waals surface area (Å²) >= 11 is 0. The molecule has 4 rings (SSSR count). The van der Waals surface area contributed by atoms with E-state index in [-0.39, 0.29) is 56.1 Å². The van der Waals surface area contributed by atoms with Gasteiger partial charge in [0.15, 0.2) is 5.65 Å². The predicted molar refractivity (Wildman–Crippen MR) is 111 cm³/mol. The number of amides is 2. The molecule has 170 valence electrons. The Bertz CT molecular complexity index is 1130. The van der Waals surface area contributed by atoms with Gasteiger partial charge in [-0.3, -0.25) is 14.3 Å². The zero-order valence-corrected chi connectivity index (χ0v) is 17.9. The Morgan fingerprint density at radius 1 is 1.22 bits per heavy atom. The molecule has 0 aromatic carbocycles. The van der Waals surface area contributed by atoms with Crippen molar-refractivity contribution < 1.29 is 18.4 Å². The Morgan fingerprint density at radius 3 is 2.72 bits per heavy atom. The number of halogens is 2. The fraction of sp³-hybridized carbons (Fsp3) is 0.476. The number of hydrogen-bond donors (Lipinski definition) is 2. The molecule has 0 radical (unpaired) electrons. The van der Waals surface area contributed by atoms with Crippen LogP contribution in [0, 0.1) is 5.92 Å². The van der Waals surface area contributed by atoms with Crippen molar-refractivity contribution in [2.75, 3.05) is 0 Å². The first-order chi connectivity index (χ1) is 15.2. The van der Waals surface area contributed by atoms with Gasteiger partial charge < -0.3 is 10.6 Å². The van der Waals surface area contributed by atoms with E-state index < -0.39 is 5.92 Å². The van der Waals surface area contributed by atoms with E-state index >= 15 is 0 Å². The molecule has 0 saturated heterocycles. The van der Waals surface area contributed by atoms with Crippen molar-refractivity contribution in [3.05, 3.63) is 47.7 Å². The van der Waals surface area contributed by atoms with E-state index in [4.69, 9.17) is 0 Å². The lowest BCUT2D eigenvalue weighted by Gasteiger charge is -2.34. The molecule has 1 saturated carbocycles. The van der Waals surface area contributed by atoms with E-state index in [2.05, 4.69) is 25.8 Å². The van der Waals surface area contributed by atoms with Gasteiger partial charge in [0.05, 0.1) is 24.6 Å². The van der Waals surface area contributed by atoms with Crippen LogP contribution in [0.15, 0.2) is 30.7 Å². The number of alkyl halides is 2. The Balaban J connectivity index is 1.31. The minimum Gasteiger partial charge on any atom is -0.352 e. The summed E-state index contributed by atoms with van der Waals surface area (Å²) in [7, 11) is 0. The van der Waals surface area contributed by atoms with Crippen molar-refractivity contribution in [1.29, 1.82) is 0 Å². The van der Waals surface area contributed by atoms with Gasteiger partial charge in [-0.2, -0.15) is 10.2 Å². The number of carbonyl (C=O) groups is 2. The predicted octanol–water partition coefficient (Wildman–Crippen LogP) is 2.49. The number of aromatic nitrogens is 5. The molecule has 3 heterocycles. The lowest BCUT2D eigenvalue weighted by Crippen LogP contribution is -2.38. The molecule has 11 heteroatoms. The van der Waals surface area contributed by atoms with E-state index in [9.17, 15) is 18.4 Å². The number of hydrogen-bond acceptors (Lipinski definition) is 5. The van der Waals surface area contributed by atoms with E-state index in [1.165, 1.54) is 0 Å². The van der Waals surface area contributed by atoms with Crippen molar-refractivity contribution in [3.8, 4) is 0 Å². The van der Waals surface area contributed by atoms with Crippen LogP contribution in [0.5, 0.6) is 0 Å². The second kappa shape index (κ2) is 8.64. The molecule has 32 heavy (non-hydrogen) atoms. The van der Waals surface area contributed by atoms with Crippen LogP contribution in [-0.4, -0.2) is 42.1 Å². The number of rotatable bonds is 8. The zero-order valence-electron chi connectivity index (χ0n) is 17.9. The Morgan fingerprint density at radius 2 is 2.00 bits per heavy atom. The van der Waals surface area contributed by atoms with Gasteiger partial charge in [-0.15, -0.1) is 0 Å². The smallest absolute Gasteiger partial charge is 0.269 e. The number of nitrogens with zero attached hydrogens (tertiary/aromatic N) is 5. The first kappa shape index (κ1) is 21.8. The van der Waals surface area contributed by atoms with Gasteiger partial charge in [0.1, 0.15) is 5.69 Å². The molecule has 3 aromatic heterocycles. The van der Waals surface area contributed by atoms with Crippen LogP contribution in [0.25, 0.3) is 5.65 Å². The molecule has 1 fully saturated rings. The highest BCUT2D eigenvalue weighted by atomic mass is 19.3. The topological polar surface area (TPSA) is 106 Å². The van der Waals surface area contributed by atoms with Gasteiger partial charge in [-0.1, -0.05) is 0 Å². The van der Waals surface area contributed by atoms with E-state index in [0.29, 0.717) is 17.0 Å². The summed E-state index contributed by atoms with van der Waals surface area (Å²) in [5.74, 6) is -3.37. The van der Waals surface area contributed by atoms with Gasteiger partial charge in [0.2, 0.25) is 11.8 Å². The minimum absolute atomic E-state index is 0.0683. The fourth-order valence-electron chi connectivity index (χ4n) is 3.78. The summed E-state index contributed by atoms with van der Waals surface area (Å²) in [4.78, 5) is 28.9. The highest BCUT2D eigenvalue weighted by Crippen LogP contribution is 2.43. The summed E-state index contributed by atoms with van der Waals surface area (Å²) in [6, 6.07) is 3.51. The van der Waals surface area contributed by atoms with Crippen LogP contribution < -0.4 is 10.6 Å². The maximum atomic E-state index is 12.9. The average molecular weight is 445 g/mol. The van der Waals surface area contributed by atoms with Gasteiger partial charge in [0.25, 0.3) is 5.91 Å². The number of imidazole rings is 1. The monoisotopic (exact) mass is 445 g/mol. The van der Waals surface area contributed by atoms with E-state index in [1.54, 1.807) is 39.9 Å². The second-order valence-corrected chi connectivity index (χ2v) is 8.45. The van der Waals surface area contributed by atoms with Crippen molar-refractivity contribution in [2.24, 2.45) is 5.92 Å². The summed E-state index contributed by atoms with van der Waals surface area (Å²) < 4.78 is 29.0. The normalized spacial score (nSPS) is 15.7. The van der Waals surface area contributed by atoms with Crippen LogP contribution in [0.3, 0.4) is 0 Å². The van der Waals surface area contributed by atoms with Crippen molar-refractivity contribution in [1.82, 2.24) is 35.0 Å². The van der Waals surface area contributed by atoms with Gasteiger partial charge in [-0.05, 0) is 37.5 Å². The summed E-state index contributed by atoms with van der Waals surface area (Å²) in [6.07, 6.45) is 4.58. The quantitative estimate of drug-likeness (QED) is 0.554. The largest absolute Gasteiger partial charge is 0.352 e. The third-order valence-electron chi connectivity index (χ3n) is 5.39. The van der Waals surface area contributed by atoms with Crippen LogP contribution in [0.2, 0.25) is 0 Å². The average Bonchev–Trinajstić information content (AvgIpc) is 3.35. The van der Waals surface area contributed by atoms with Crippen LogP contribution >= 0.6 is 0 Å². The summed E-state index contributed by atoms with van der Waals surface area (Å²) in [6.45, 7) is 4.36. The van der Waals surface area contributed by atoms with Crippen LogP contribution in [0.4, 0.5) is 8.78 Å². The molecular formula is C21H25F2N7O2. The molecule has 0 bridgehead atoms. The molecule has 0 aliphatic heterocycles. The number of fused-ring (bicyclic) bond motifs is 1. The summed E-state index contributed by atoms with van der Waals surface area (Å²) in [5.41, 5.74) is 2.43. The standard InChI is InChI=1S/C21H25F2N7O2/c1-13(2)30-17(3-4-26-30)20(32)25-11-16-12-29-18(28-16)5-15(10-27-29)9-24-19(31)6-14-7-21(22,23)8-14/h3-5,10,12-14H,6-9,11H2,1-2H3,(H,24,31)(H,25,32). The molecule has 2 amide bonds. The highest BCUT2D eigenvalue weighted by Gasteiger charge is 2.45. The number of carbonyl (C=O) groups excluding carboxylic acids is 2. The third kappa shape index (κ3) is 4.92. The van der Waals surface area contributed by atoms with Gasteiger partial charge in [0, 0.05) is 38.0 Å². The molecule has 0 atom stereocenters. The molecule has 9 nitrogen and oxygen atoms in total. The highest BCUT2D eigenvalue weighted by molar-refractivity contribution is 5.92. The molecular weight excluding hydrogens is 420 g/mol. The first-order valence-electron chi connectivity index (χ1n) is 10.5. The maximum Gasteiger partial charge on any atom is 0.269 e. The molecule has 1 aliphatic carbocycles. The van der Waals surface area contributed by atoms with E-state index in [0.717, 1.165) is 5.56 Å². The molecule has 1 aliphatic rings. The zero-order chi connectivity index (χ0) is 22.9. The van der Waals surface area contributed by atoms with Gasteiger partial charge in [-0.25, -0.2) is 18.3 Å². The second-order valence-electron chi connectivity index (χ2n) is 8.45. The summed E-state index contributed by atoms with van der Waals surface area (Å²) in [5, 5.41) is 14.0. The molecule has 2 N–H and O–H groups in total. The minimum atomic E-state index is -2.62. The molecule has 3 aromatic rings. The Kier molecular flexibility index (Phi) is 5.90. The van der Waals surface area contributed by atoms with E-state index in [1.807, 2.05) is 13.8 Å². The van der Waals surface area contributed by atoms with Crippen LogP contribution in [-0.2, 0) is 17.9 Å². The maximum absolute atomic E-state index is 12.9. The Hall–Kier alpha value is -3.37. The van der Waals surface area contributed by atoms with Crippen molar-refractivity contribution in [2.45, 2.75) is 58.2 Å². The number of nitrogens with one attached hydrogen (secondary N) is 2. The SMILES string of the molecule is CC(C)n1nccc1C(=O)NCc1cn2ncc(CNC(=O)CC3CC(F)(F)C3)cc2n1. The molecule has 0 unspecified atom stereocenters. The van der Waals surface area contributed by atoms with Crippen molar-refractivity contribution in [3.63, 3.8) is 0 Å². The lowest BCUT2D eigenvalue weighted by atomic mass is 9.79. The van der Waals surface area contributed by atoms with Crippen LogP contribution in [0.1, 0.15) is 60.9 Å². The lowest BCUT2D eigenvalue weighted by molar-refractivity contribution is -0.133. The fourth-order valence-corrected chi connectivity index (χ4v) is 3.78. The molecule has 0 spiro atoms. The third-order valence-corrected chi connectivity index (χ3v) is 5.39. The van der Waals surface area contributed by atoms with Crippen molar-refractivity contribution >= 4 is 17.5 Å². The Labute approximate surface area is 183 Å².